The van der Waals surface area contributed by atoms with Crippen LogP contribution in [0.5, 0.6) is 5.88 Å². The number of hydrogen-bond donors (Lipinski definition) is 2. The quantitative estimate of drug-likeness (QED) is 0.563. The summed E-state index contributed by atoms with van der Waals surface area (Å²) in [5, 5.41) is 24.1. The standard InChI is InChI=1S/C16H14N4O4/c1-10(21)19-13-8-4-2-6-11(13)15(16(19)22)18-17-12-7-3-5-9-14(12)20(23)24/h2-9,17-18,22H,1H3/p-1. The molecule has 0 aliphatic heterocycles. The number of nitro groups is 1. The third-order valence-electron chi connectivity index (χ3n) is 3.57. The monoisotopic (exact) mass is 325 g/mol. The molecule has 0 atom stereocenters. The molecule has 1 heterocycles. The highest BCUT2D eigenvalue weighted by atomic mass is 16.6. The van der Waals surface area contributed by atoms with Gasteiger partial charge in [-0.3, -0.25) is 30.3 Å². The summed E-state index contributed by atoms with van der Waals surface area (Å²) < 4.78 is 1.05. The number of nitro benzene ring substituents is 1. The fourth-order valence-electron chi connectivity index (χ4n) is 2.52. The average Bonchev–Trinajstić information content (AvgIpc) is 2.84. The van der Waals surface area contributed by atoms with Crippen molar-refractivity contribution in [1.82, 2.24) is 4.57 Å². The predicted octanol–water partition coefficient (Wildman–Crippen LogP) is 2.72. The van der Waals surface area contributed by atoms with Crippen LogP contribution in [0.15, 0.2) is 48.5 Å². The zero-order chi connectivity index (χ0) is 17.3. The first-order valence-electron chi connectivity index (χ1n) is 7.07. The van der Waals surface area contributed by atoms with Crippen LogP contribution in [0.1, 0.15) is 11.7 Å². The van der Waals surface area contributed by atoms with Crippen LogP contribution in [0.2, 0.25) is 0 Å². The van der Waals surface area contributed by atoms with Crippen molar-refractivity contribution < 1.29 is 14.8 Å². The maximum absolute atomic E-state index is 12.5. The van der Waals surface area contributed by atoms with Crippen LogP contribution in [-0.2, 0) is 0 Å². The Morgan fingerprint density at radius 2 is 1.75 bits per heavy atom. The molecule has 0 bridgehead atoms. The molecule has 0 saturated carbocycles. The molecule has 8 nitrogen and oxygen atoms in total. The van der Waals surface area contributed by atoms with Crippen molar-refractivity contribution in [2.75, 3.05) is 10.9 Å². The smallest absolute Gasteiger partial charge is 0.294 e. The van der Waals surface area contributed by atoms with Crippen LogP contribution in [0.25, 0.3) is 10.9 Å². The molecule has 0 fully saturated rings. The van der Waals surface area contributed by atoms with Gasteiger partial charge in [0.15, 0.2) is 0 Å². The van der Waals surface area contributed by atoms with Gasteiger partial charge in [0.2, 0.25) is 5.91 Å². The molecule has 2 aromatic carbocycles. The van der Waals surface area contributed by atoms with Gasteiger partial charge in [0.05, 0.1) is 16.1 Å². The van der Waals surface area contributed by atoms with E-state index in [1.54, 1.807) is 36.4 Å². The minimum absolute atomic E-state index is 0.132. The summed E-state index contributed by atoms with van der Waals surface area (Å²) in [6.07, 6.45) is 0. The largest absolute Gasteiger partial charge is 0.858 e. The molecule has 0 aliphatic carbocycles. The molecule has 0 radical (unpaired) electrons. The van der Waals surface area contributed by atoms with E-state index in [9.17, 15) is 20.0 Å². The van der Waals surface area contributed by atoms with E-state index < -0.39 is 16.7 Å². The summed E-state index contributed by atoms with van der Waals surface area (Å²) in [6.45, 7) is 1.30. The number of rotatable bonds is 4. The van der Waals surface area contributed by atoms with E-state index in [-0.39, 0.29) is 17.1 Å². The van der Waals surface area contributed by atoms with Crippen LogP contribution < -0.4 is 16.0 Å². The van der Waals surface area contributed by atoms with E-state index in [2.05, 4.69) is 10.9 Å². The number of carbonyl (C=O) groups is 1. The number of benzene rings is 2. The van der Waals surface area contributed by atoms with Gasteiger partial charge >= 0.3 is 0 Å². The predicted molar refractivity (Wildman–Crippen MR) is 88.0 cm³/mol. The van der Waals surface area contributed by atoms with Crippen LogP contribution in [-0.4, -0.2) is 15.4 Å². The Morgan fingerprint density at radius 1 is 1.08 bits per heavy atom. The van der Waals surface area contributed by atoms with E-state index in [1.807, 2.05) is 0 Å². The summed E-state index contributed by atoms with van der Waals surface area (Å²) in [5.41, 5.74) is 6.09. The Balaban J connectivity index is 2.02. The number of para-hydroxylation sites is 3. The van der Waals surface area contributed by atoms with Gasteiger partial charge in [-0.1, -0.05) is 30.3 Å². The second-order valence-corrected chi connectivity index (χ2v) is 5.08. The number of fused-ring (bicyclic) bond motifs is 1. The molecule has 2 N–H and O–H groups in total. The molecule has 0 spiro atoms. The van der Waals surface area contributed by atoms with Crippen molar-refractivity contribution in [3.63, 3.8) is 0 Å². The van der Waals surface area contributed by atoms with E-state index >= 15 is 0 Å². The van der Waals surface area contributed by atoms with Gasteiger partial charge in [-0.2, -0.15) is 0 Å². The zero-order valence-electron chi connectivity index (χ0n) is 12.6. The van der Waals surface area contributed by atoms with Gasteiger partial charge in [-0.15, -0.1) is 0 Å². The Labute approximate surface area is 136 Å². The number of hydrogen-bond acceptors (Lipinski definition) is 6. The lowest BCUT2D eigenvalue weighted by Gasteiger charge is -2.15. The topological polar surface area (TPSA) is 112 Å². The van der Waals surface area contributed by atoms with Crippen LogP contribution in [0, 0.1) is 10.1 Å². The minimum atomic E-state index is -0.527. The molecule has 3 rings (SSSR count). The first-order valence-corrected chi connectivity index (χ1v) is 7.07. The number of nitrogens with zero attached hydrogens (tertiary/aromatic N) is 2. The highest BCUT2D eigenvalue weighted by Gasteiger charge is 2.15. The lowest BCUT2D eigenvalue weighted by molar-refractivity contribution is -0.383. The molecule has 0 saturated heterocycles. The summed E-state index contributed by atoms with van der Waals surface area (Å²) in [4.78, 5) is 22.2. The first kappa shape index (κ1) is 15.3. The van der Waals surface area contributed by atoms with Gasteiger partial charge in [0, 0.05) is 18.4 Å². The van der Waals surface area contributed by atoms with Gasteiger partial charge < -0.3 is 5.11 Å². The number of nitrogens with one attached hydrogen (secondary N) is 2. The average molecular weight is 325 g/mol. The molecule has 3 aromatic rings. The lowest BCUT2D eigenvalue weighted by Crippen LogP contribution is -2.14. The molecule has 0 amide bonds. The number of hydrazine groups is 1. The van der Waals surface area contributed by atoms with Crippen molar-refractivity contribution in [2.45, 2.75) is 6.92 Å². The highest BCUT2D eigenvalue weighted by Crippen LogP contribution is 2.34. The number of carbonyl (C=O) groups excluding carboxylic acids is 1. The van der Waals surface area contributed by atoms with Gasteiger partial charge in [0.25, 0.3) is 5.69 Å². The van der Waals surface area contributed by atoms with E-state index in [1.165, 1.54) is 19.1 Å². The summed E-state index contributed by atoms with van der Waals surface area (Å²) in [5.74, 6) is -0.926. The molecule has 122 valence electrons. The Bertz CT molecular complexity index is 948. The van der Waals surface area contributed by atoms with E-state index in [0.717, 1.165) is 4.57 Å². The molecule has 0 unspecified atom stereocenters. The lowest BCUT2D eigenvalue weighted by atomic mass is 10.2. The molecular weight excluding hydrogens is 312 g/mol. The third-order valence-corrected chi connectivity index (χ3v) is 3.57. The second kappa shape index (κ2) is 5.92. The van der Waals surface area contributed by atoms with Crippen molar-refractivity contribution in [3.05, 3.63) is 58.6 Å². The van der Waals surface area contributed by atoms with Crippen LogP contribution >= 0.6 is 0 Å². The van der Waals surface area contributed by atoms with Gasteiger partial charge in [-0.25, -0.2) is 0 Å². The first-order chi connectivity index (χ1) is 11.5. The Hall–Kier alpha value is -3.55. The van der Waals surface area contributed by atoms with E-state index in [4.69, 9.17) is 0 Å². The van der Waals surface area contributed by atoms with Crippen LogP contribution in [0.4, 0.5) is 17.1 Å². The Kier molecular flexibility index (Phi) is 3.78. The zero-order valence-corrected chi connectivity index (χ0v) is 12.6. The Morgan fingerprint density at radius 3 is 2.46 bits per heavy atom. The van der Waals surface area contributed by atoms with Crippen molar-refractivity contribution in [3.8, 4) is 5.88 Å². The van der Waals surface area contributed by atoms with Crippen molar-refractivity contribution >= 4 is 33.9 Å². The third kappa shape index (κ3) is 2.50. The molecule has 1 aromatic heterocycles. The number of anilines is 2. The highest BCUT2D eigenvalue weighted by molar-refractivity contribution is 6.03. The SMILES string of the molecule is CC(=O)n1c([O-])c(NNc2ccccc2[N+](=O)[O-])c2ccccc21. The van der Waals surface area contributed by atoms with Gasteiger partial charge in [0.1, 0.15) is 5.69 Å². The van der Waals surface area contributed by atoms with Crippen molar-refractivity contribution in [1.29, 1.82) is 0 Å². The minimum Gasteiger partial charge on any atom is -0.858 e. The number of aromatic nitrogens is 1. The second-order valence-electron chi connectivity index (χ2n) is 5.08. The fourth-order valence-corrected chi connectivity index (χ4v) is 2.52. The summed E-state index contributed by atoms with van der Waals surface area (Å²) in [6, 6.07) is 12.9. The maximum atomic E-state index is 12.5. The molecular formula is C16H13N4O4-. The molecule has 24 heavy (non-hydrogen) atoms. The fraction of sp³-hybridized carbons (Fsp3) is 0.0625. The summed E-state index contributed by atoms with van der Waals surface area (Å²) >= 11 is 0. The molecule has 0 aliphatic rings. The van der Waals surface area contributed by atoms with E-state index in [0.29, 0.717) is 10.9 Å². The van der Waals surface area contributed by atoms with Crippen molar-refractivity contribution in [2.24, 2.45) is 0 Å². The normalized spacial score (nSPS) is 10.5. The van der Waals surface area contributed by atoms with Gasteiger partial charge in [-0.05, 0) is 18.0 Å². The summed E-state index contributed by atoms with van der Waals surface area (Å²) in [7, 11) is 0. The maximum Gasteiger partial charge on any atom is 0.294 e. The molecule has 8 heteroatoms. The van der Waals surface area contributed by atoms with Crippen LogP contribution in [0.3, 0.4) is 0 Å².